The second-order valence-corrected chi connectivity index (χ2v) is 9.59. The normalized spacial score (nSPS) is 28.4. The third-order valence-corrected chi connectivity index (χ3v) is 7.74. The second-order valence-electron chi connectivity index (χ2n) is 9.59. The third kappa shape index (κ3) is 3.54. The molecular weight excluding hydrogens is 378 g/mol. The quantitative estimate of drug-likeness (QED) is 0.758. The Hall–Kier alpha value is -1.92. The molecule has 4 unspecified atom stereocenters. The minimum atomic E-state index is -0.659. The molecule has 0 radical (unpaired) electrons. The van der Waals surface area contributed by atoms with Gasteiger partial charge in [-0.15, -0.1) is 0 Å². The van der Waals surface area contributed by atoms with Crippen LogP contribution in [0.15, 0.2) is 18.2 Å². The zero-order chi connectivity index (χ0) is 20.8. The Kier molecular flexibility index (Phi) is 5.31. The van der Waals surface area contributed by atoms with Crippen LogP contribution in [0, 0.1) is 11.8 Å². The number of aliphatic hydroxyl groups excluding tert-OH is 1. The summed E-state index contributed by atoms with van der Waals surface area (Å²) >= 11 is 0. The Labute approximate surface area is 177 Å². The fourth-order valence-corrected chi connectivity index (χ4v) is 6.17. The predicted molar refractivity (Wildman–Crippen MR) is 115 cm³/mol. The van der Waals surface area contributed by atoms with E-state index in [-0.39, 0.29) is 17.9 Å². The van der Waals surface area contributed by atoms with Gasteiger partial charge in [-0.3, -0.25) is 14.4 Å². The first-order valence-corrected chi connectivity index (χ1v) is 11.7. The molecule has 5 rings (SSSR count). The van der Waals surface area contributed by atoms with Crippen molar-refractivity contribution in [1.29, 1.82) is 0 Å². The molecule has 0 amide bonds. The van der Waals surface area contributed by atoms with Crippen molar-refractivity contribution >= 4 is 16.9 Å². The van der Waals surface area contributed by atoms with Crippen molar-refractivity contribution in [2.45, 2.75) is 76.0 Å². The zero-order valence-electron chi connectivity index (χ0n) is 17.8. The molecule has 0 spiro atoms. The Morgan fingerprint density at radius 3 is 2.80 bits per heavy atom. The first kappa shape index (κ1) is 20.0. The summed E-state index contributed by atoms with van der Waals surface area (Å²) in [6.07, 6.45) is 8.06. The van der Waals surface area contributed by atoms with Crippen LogP contribution in [0.2, 0.25) is 0 Å². The zero-order valence-corrected chi connectivity index (χ0v) is 17.8. The van der Waals surface area contributed by atoms with E-state index >= 15 is 0 Å². The van der Waals surface area contributed by atoms with Gasteiger partial charge in [-0.05, 0) is 74.8 Å². The number of piperidine rings is 1. The van der Waals surface area contributed by atoms with E-state index in [0.29, 0.717) is 12.3 Å². The van der Waals surface area contributed by atoms with E-state index in [2.05, 4.69) is 23.1 Å². The van der Waals surface area contributed by atoms with Crippen molar-refractivity contribution in [3.63, 3.8) is 0 Å². The van der Waals surface area contributed by atoms with Crippen LogP contribution < -0.4 is 0 Å². The van der Waals surface area contributed by atoms with Gasteiger partial charge in [0.2, 0.25) is 0 Å². The van der Waals surface area contributed by atoms with Gasteiger partial charge in [-0.1, -0.05) is 18.6 Å². The number of aromatic nitrogens is 2. The highest BCUT2D eigenvalue weighted by molar-refractivity contribution is 5.86. The first-order chi connectivity index (χ1) is 14.5. The minimum absolute atomic E-state index is 0.178. The highest BCUT2D eigenvalue weighted by Crippen LogP contribution is 2.44. The molecule has 4 atom stereocenters. The van der Waals surface area contributed by atoms with Crippen LogP contribution in [0.3, 0.4) is 0 Å². The number of likely N-dealkylation sites (tertiary alicyclic amines) is 1. The molecule has 3 aliphatic rings. The van der Waals surface area contributed by atoms with Gasteiger partial charge in [0.25, 0.3) is 0 Å². The van der Waals surface area contributed by atoms with Gasteiger partial charge in [-0.2, -0.15) is 5.10 Å². The maximum Gasteiger partial charge on any atom is 0.306 e. The van der Waals surface area contributed by atoms with Gasteiger partial charge in [0.15, 0.2) is 0 Å². The molecule has 1 aliphatic heterocycles. The molecule has 2 aliphatic carbocycles. The van der Waals surface area contributed by atoms with Gasteiger partial charge >= 0.3 is 5.97 Å². The SMILES string of the molecule is Cn1nc(CCC(O)N2CCCC3C(C(=O)O)CCCC32)c2c(C3CC3)cccc21. The largest absolute Gasteiger partial charge is 0.481 e. The van der Waals surface area contributed by atoms with Crippen LogP contribution in [-0.2, 0) is 18.3 Å². The van der Waals surface area contributed by atoms with Crippen molar-refractivity contribution in [2.24, 2.45) is 18.9 Å². The molecule has 2 N–H and O–H groups in total. The van der Waals surface area contributed by atoms with Crippen LogP contribution in [0.5, 0.6) is 0 Å². The lowest BCUT2D eigenvalue weighted by molar-refractivity contribution is -0.151. The lowest BCUT2D eigenvalue weighted by Crippen LogP contribution is -2.54. The van der Waals surface area contributed by atoms with E-state index in [1.54, 1.807) is 0 Å². The van der Waals surface area contributed by atoms with Gasteiger partial charge < -0.3 is 10.2 Å². The van der Waals surface area contributed by atoms with E-state index in [9.17, 15) is 15.0 Å². The van der Waals surface area contributed by atoms with E-state index in [1.807, 2.05) is 11.7 Å². The number of hydrogen-bond acceptors (Lipinski definition) is 4. The summed E-state index contributed by atoms with van der Waals surface area (Å²) in [6.45, 7) is 0.866. The Balaban J connectivity index is 1.33. The number of aliphatic carboxylic acids is 1. The minimum Gasteiger partial charge on any atom is -0.481 e. The summed E-state index contributed by atoms with van der Waals surface area (Å²) in [5.41, 5.74) is 3.69. The predicted octanol–water partition coefficient (Wildman–Crippen LogP) is 3.67. The number of carbonyl (C=O) groups is 1. The number of benzene rings is 1. The molecule has 2 saturated carbocycles. The highest BCUT2D eigenvalue weighted by atomic mass is 16.4. The number of aryl methyl sites for hydroxylation is 2. The van der Waals surface area contributed by atoms with Crippen molar-refractivity contribution in [3.05, 3.63) is 29.5 Å². The summed E-state index contributed by atoms with van der Waals surface area (Å²) in [6, 6.07) is 6.71. The van der Waals surface area contributed by atoms with Crippen LogP contribution in [0.4, 0.5) is 0 Å². The van der Waals surface area contributed by atoms with Crippen LogP contribution in [0.25, 0.3) is 10.9 Å². The van der Waals surface area contributed by atoms with Gasteiger partial charge in [0.05, 0.1) is 17.1 Å². The number of carboxylic acid groups (broad SMARTS) is 1. The summed E-state index contributed by atoms with van der Waals surface area (Å²) in [5.74, 6) is -0.0652. The molecule has 2 heterocycles. The lowest BCUT2D eigenvalue weighted by Gasteiger charge is -2.48. The van der Waals surface area contributed by atoms with E-state index < -0.39 is 12.2 Å². The summed E-state index contributed by atoms with van der Waals surface area (Å²) < 4.78 is 1.97. The average molecular weight is 412 g/mol. The van der Waals surface area contributed by atoms with Crippen LogP contribution in [0.1, 0.15) is 68.5 Å². The molecule has 162 valence electrons. The fourth-order valence-electron chi connectivity index (χ4n) is 6.17. The van der Waals surface area contributed by atoms with Crippen molar-refractivity contribution in [2.75, 3.05) is 6.54 Å². The molecule has 6 heteroatoms. The number of aliphatic hydroxyl groups is 1. The first-order valence-electron chi connectivity index (χ1n) is 11.7. The molecule has 0 bridgehead atoms. The Morgan fingerprint density at radius 1 is 1.20 bits per heavy atom. The molecule has 30 heavy (non-hydrogen) atoms. The molecule has 1 saturated heterocycles. The van der Waals surface area contributed by atoms with E-state index in [4.69, 9.17) is 5.10 Å². The maximum atomic E-state index is 11.7. The standard InChI is InChI=1S/C24H33N3O3/c1-26-21-9-2-5-16(15-10-11-15)23(21)19(25-26)12-13-22(28)27-14-4-7-17-18(24(29)30)6-3-8-20(17)27/h2,5,9,15,17-18,20,22,28H,3-4,6-8,10-14H2,1H3,(H,29,30). The third-order valence-electron chi connectivity index (χ3n) is 7.74. The van der Waals surface area contributed by atoms with Crippen molar-refractivity contribution in [3.8, 4) is 0 Å². The molecule has 1 aromatic carbocycles. The number of fused-ring (bicyclic) bond motifs is 2. The Bertz CT molecular complexity index is 935. The molecule has 3 fully saturated rings. The van der Waals surface area contributed by atoms with Crippen LogP contribution in [-0.4, -0.2) is 49.7 Å². The number of nitrogens with zero attached hydrogens (tertiary/aromatic N) is 3. The smallest absolute Gasteiger partial charge is 0.306 e. The van der Waals surface area contributed by atoms with Gasteiger partial charge in [0, 0.05) is 25.0 Å². The number of carboxylic acids is 1. The molecular formula is C24H33N3O3. The highest BCUT2D eigenvalue weighted by Gasteiger charge is 2.43. The van der Waals surface area contributed by atoms with Gasteiger partial charge in [0.1, 0.15) is 6.23 Å². The van der Waals surface area contributed by atoms with Crippen molar-refractivity contribution < 1.29 is 15.0 Å². The summed E-state index contributed by atoms with van der Waals surface area (Å²) in [4.78, 5) is 13.9. The number of hydrogen-bond donors (Lipinski definition) is 2. The van der Waals surface area contributed by atoms with E-state index in [0.717, 1.165) is 50.8 Å². The Morgan fingerprint density at radius 2 is 2.03 bits per heavy atom. The second kappa shape index (κ2) is 7.97. The topological polar surface area (TPSA) is 78.6 Å². The fraction of sp³-hybridized carbons (Fsp3) is 0.667. The van der Waals surface area contributed by atoms with E-state index in [1.165, 1.54) is 29.3 Å². The van der Waals surface area contributed by atoms with Crippen LogP contribution >= 0.6 is 0 Å². The molecule has 2 aromatic rings. The monoisotopic (exact) mass is 411 g/mol. The summed E-state index contributed by atoms with van der Waals surface area (Å²) in [7, 11) is 2.00. The lowest BCUT2D eigenvalue weighted by atomic mass is 9.71. The molecule has 6 nitrogen and oxygen atoms in total. The average Bonchev–Trinajstić information content (AvgIpc) is 3.55. The number of rotatable bonds is 6. The summed E-state index contributed by atoms with van der Waals surface area (Å²) in [5, 5.41) is 26.8. The van der Waals surface area contributed by atoms with Gasteiger partial charge in [-0.25, -0.2) is 0 Å². The van der Waals surface area contributed by atoms with Crippen molar-refractivity contribution in [1.82, 2.24) is 14.7 Å². The molecule has 1 aromatic heterocycles. The maximum absolute atomic E-state index is 11.7.